The van der Waals surface area contributed by atoms with Crippen LogP contribution in [0, 0.1) is 13.8 Å². The van der Waals surface area contributed by atoms with Gasteiger partial charge in [-0.05, 0) is 45.6 Å². The quantitative estimate of drug-likeness (QED) is 0.804. The molecule has 136 valence electrons. The summed E-state index contributed by atoms with van der Waals surface area (Å²) in [5, 5.41) is 8.48. The molecule has 0 N–H and O–H groups in total. The Morgan fingerprint density at radius 3 is 2.92 bits per heavy atom. The number of nitrogens with zero attached hydrogens (tertiary/aromatic N) is 5. The zero-order valence-electron chi connectivity index (χ0n) is 15.4. The Balaban J connectivity index is 1.67. The number of rotatable bonds is 6. The highest BCUT2D eigenvalue weighted by Gasteiger charge is 2.31. The van der Waals surface area contributed by atoms with Crippen molar-refractivity contribution in [1.82, 2.24) is 24.8 Å². The van der Waals surface area contributed by atoms with E-state index < -0.39 is 0 Å². The summed E-state index contributed by atoms with van der Waals surface area (Å²) in [4.78, 5) is 19.2. The SMILES string of the molecule is CCCc1noc(C2CCCCN2C(=O)CCn2nc(C)cc2C)n1. The van der Waals surface area contributed by atoms with E-state index in [0.29, 0.717) is 18.9 Å². The summed E-state index contributed by atoms with van der Waals surface area (Å²) in [6.45, 7) is 7.43. The fourth-order valence-electron chi connectivity index (χ4n) is 3.46. The molecule has 7 heteroatoms. The first-order chi connectivity index (χ1) is 12.1. The Morgan fingerprint density at radius 2 is 2.20 bits per heavy atom. The molecule has 1 saturated heterocycles. The summed E-state index contributed by atoms with van der Waals surface area (Å²) >= 11 is 0. The largest absolute Gasteiger partial charge is 0.337 e. The minimum atomic E-state index is -0.0835. The van der Waals surface area contributed by atoms with E-state index in [1.807, 2.05) is 29.5 Å². The van der Waals surface area contributed by atoms with E-state index in [0.717, 1.165) is 55.9 Å². The molecule has 1 unspecified atom stereocenters. The molecular formula is C18H27N5O2. The topological polar surface area (TPSA) is 77.0 Å². The van der Waals surface area contributed by atoms with Crippen molar-refractivity contribution in [2.45, 2.75) is 71.9 Å². The van der Waals surface area contributed by atoms with Gasteiger partial charge >= 0.3 is 0 Å². The van der Waals surface area contributed by atoms with E-state index in [1.54, 1.807) is 0 Å². The smallest absolute Gasteiger partial charge is 0.249 e. The molecule has 3 heterocycles. The minimum Gasteiger partial charge on any atom is -0.337 e. The van der Waals surface area contributed by atoms with Crippen LogP contribution >= 0.6 is 0 Å². The van der Waals surface area contributed by atoms with Gasteiger partial charge in [-0.2, -0.15) is 10.1 Å². The van der Waals surface area contributed by atoms with Gasteiger partial charge in [-0.15, -0.1) is 0 Å². The van der Waals surface area contributed by atoms with Crippen molar-refractivity contribution in [3.05, 3.63) is 29.2 Å². The molecule has 1 atom stereocenters. The molecule has 0 bridgehead atoms. The lowest BCUT2D eigenvalue weighted by Crippen LogP contribution is -2.39. The number of piperidine rings is 1. The first-order valence-corrected chi connectivity index (χ1v) is 9.21. The predicted octanol–water partition coefficient (Wildman–Crippen LogP) is 2.98. The molecule has 1 aliphatic heterocycles. The van der Waals surface area contributed by atoms with Crippen molar-refractivity contribution >= 4 is 5.91 Å². The van der Waals surface area contributed by atoms with Crippen LogP contribution in [0.25, 0.3) is 0 Å². The maximum Gasteiger partial charge on any atom is 0.249 e. The standard InChI is InChI=1S/C18H27N5O2/c1-4-7-16-19-18(25-21-16)15-8-5-6-10-22(15)17(24)9-11-23-14(3)12-13(2)20-23/h12,15H,4-11H2,1-3H3. The van der Waals surface area contributed by atoms with Gasteiger partial charge in [0.25, 0.3) is 0 Å². The second-order valence-corrected chi connectivity index (χ2v) is 6.80. The molecule has 0 spiro atoms. The minimum absolute atomic E-state index is 0.0835. The Hall–Kier alpha value is -2.18. The van der Waals surface area contributed by atoms with Crippen molar-refractivity contribution in [1.29, 1.82) is 0 Å². The van der Waals surface area contributed by atoms with Crippen LogP contribution in [-0.4, -0.2) is 37.3 Å². The second kappa shape index (κ2) is 7.80. The van der Waals surface area contributed by atoms with Crippen LogP contribution in [0.1, 0.15) is 68.2 Å². The zero-order chi connectivity index (χ0) is 17.8. The van der Waals surface area contributed by atoms with E-state index in [4.69, 9.17) is 4.52 Å². The van der Waals surface area contributed by atoms with Crippen LogP contribution in [0.15, 0.2) is 10.6 Å². The van der Waals surface area contributed by atoms with Gasteiger partial charge in [0.1, 0.15) is 6.04 Å². The summed E-state index contributed by atoms with van der Waals surface area (Å²) in [7, 11) is 0. The Labute approximate surface area is 148 Å². The Kier molecular flexibility index (Phi) is 5.50. The molecule has 2 aromatic heterocycles. The third kappa shape index (κ3) is 4.08. The van der Waals surface area contributed by atoms with Crippen LogP contribution < -0.4 is 0 Å². The first-order valence-electron chi connectivity index (χ1n) is 9.21. The summed E-state index contributed by atoms with van der Waals surface area (Å²) < 4.78 is 7.35. The lowest BCUT2D eigenvalue weighted by Gasteiger charge is -2.33. The Morgan fingerprint density at radius 1 is 1.36 bits per heavy atom. The third-order valence-electron chi connectivity index (χ3n) is 4.71. The fourth-order valence-corrected chi connectivity index (χ4v) is 3.46. The van der Waals surface area contributed by atoms with E-state index >= 15 is 0 Å². The fraction of sp³-hybridized carbons (Fsp3) is 0.667. The molecule has 2 aromatic rings. The average molecular weight is 345 g/mol. The highest BCUT2D eigenvalue weighted by atomic mass is 16.5. The van der Waals surface area contributed by atoms with Crippen molar-refractivity contribution in [3.63, 3.8) is 0 Å². The molecule has 7 nitrogen and oxygen atoms in total. The predicted molar refractivity (Wildman–Crippen MR) is 92.9 cm³/mol. The van der Waals surface area contributed by atoms with Gasteiger partial charge in [0, 0.05) is 31.6 Å². The van der Waals surface area contributed by atoms with Gasteiger partial charge in [0.15, 0.2) is 5.82 Å². The monoisotopic (exact) mass is 345 g/mol. The van der Waals surface area contributed by atoms with Gasteiger partial charge in [-0.3, -0.25) is 9.48 Å². The van der Waals surface area contributed by atoms with Crippen LogP contribution in [-0.2, 0) is 17.8 Å². The number of aromatic nitrogens is 4. The molecule has 0 aromatic carbocycles. The number of amides is 1. The van der Waals surface area contributed by atoms with E-state index in [2.05, 4.69) is 22.2 Å². The molecule has 0 radical (unpaired) electrons. The summed E-state index contributed by atoms with van der Waals surface area (Å²) in [6.07, 6.45) is 5.22. The average Bonchev–Trinajstić information content (AvgIpc) is 3.19. The number of likely N-dealkylation sites (tertiary alicyclic amines) is 1. The summed E-state index contributed by atoms with van der Waals surface area (Å²) in [5.41, 5.74) is 2.07. The van der Waals surface area contributed by atoms with Crippen LogP contribution in [0.4, 0.5) is 0 Å². The third-order valence-corrected chi connectivity index (χ3v) is 4.71. The number of aryl methyl sites for hydroxylation is 4. The van der Waals surface area contributed by atoms with Gasteiger partial charge in [0.05, 0.1) is 5.69 Å². The van der Waals surface area contributed by atoms with Crippen LogP contribution in [0.3, 0.4) is 0 Å². The summed E-state index contributed by atoms with van der Waals surface area (Å²) in [5.74, 6) is 1.45. The van der Waals surface area contributed by atoms with Crippen molar-refractivity contribution in [3.8, 4) is 0 Å². The maximum atomic E-state index is 12.8. The van der Waals surface area contributed by atoms with Crippen molar-refractivity contribution in [2.24, 2.45) is 0 Å². The lowest BCUT2D eigenvalue weighted by atomic mass is 10.0. The molecule has 1 aliphatic rings. The normalized spacial score (nSPS) is 17.9. The first kappa shape index (κ1) is 17.6. The highest BCUT2D eigenvalue weighted by molar-refractivity contribution is 5.76. The number of carbonyl (C=O) groups is 1. The van der Waals surface area contributed by atoms with Gasteiger partial charge < -0.3 is 9.42 Å². The van der Waals surface area contributed by atoms with Crippen LogP contribution in [0.5, 0.6) is 0 Å². The van der Waals surface area contributed by atoms with Crippen LogP contribution in [0.2, 0.25) is 0 Å². The highest BCUT2D eigenvalue weighted by Crippen LogP contribution is 2.30. The van der Waals surface area contributed by atoms with Crippen molar-refractivity contribution in [2.75, 3.05) is 6.54 Å². The van der Waals surface area contributed by atoms with Gasteiger partial charge in [-0.25, -0.2) is 0 Å². The van der Waals surface area contributed by atoms with Gasteiger partial charge in [0.2, 0.25) is 11.8 Å². The molecular weight excluding hydrogens is 318 g/mol. The summed E-state index contributed by atoms with van der Waals surface area (Å²) in [6, 6.07) is 1.95. The molecule has 1 fully saturated rings. The van der Waals surface area contributed by atoms with Crippen molar-refractivity contribution < 1.29 is 9.32 Å². The number of hydrogen-bond donors (Lipinski definition) is 0. The van der Waals surface area contributed by atoms with E-state index in [9.17, 15) is 4.79 Å². The second-order valence-electron chi connectivity index (χ2n) is 6.80. The van der Waals surface area contributed by atoms with E-state index in [-0.39, 0.29) is 11.9 Å². The maximum absolute atomic E-state index is 12.8. The van der Waals surface area contributed by atoms with E-state index in [1.165, 1.54) is 0 Å². The lowest BCUT2D eigenvalue weighted by molar-refractivity contribution is -0.136. The Bertz CT molecular complexity index is 721. The molecule has 25 heavy (non-hydrogen) atoms. The van der Waals surface area contributed by atoms with Gasteiger partial charge in [-0.1, -0.05) is 12.1 Å². The molecule has 0 aliphatic carbocycles. The molecule has 3 rings (SSSR count). The number of carbonyl (C=O) groups excluding carboxylic acids is 1. The number of hydrogen-bond acceptors (Lipinski definition) is 5. The zero-order valence-corrected chi connectivity index (χ0v) is 15.4. The molecule has 0 saturated carbocycles. The molecule has 1 amide bonds.